The van der Waals surface area contributed by atoms with Gasteiger partial charge in [-0.2, -0.15) is 0 Å². The average molecular weight is 178 g/mol. The van der Waals surface area contributed by atoms with Gasteiger partial charge in [0.2, 0.25) is 0 Å². The van der Waals surface area contributed by atoms with Crippen molar-refractivity contribution in [3.05, 3.63) is 23.8 Å². The van der Waals surface area contributed by atoms with E-state index in [0.29, 0.717) is 0 Å². The molecule has 2 rings (SSSR count). The highest BCUT2D eigenvalue weighted by Crippen LogP contribution is 2.32. The van der Waals surface area contributed by atoms with Crippen LogP contribution < -0.4 is 9.47 Å². The van der Waals surface area contributed by atoms with Crippen LogP contribution in [0.2, 0.25) is 0 Å². The lowest BCUT2D eigenvalue weighted by atomic mass is 10.1. The van der Waals surface area contributed by atoms with Crippen molar-refractivity contribution in [2.45, 2.75) is 19.8 Å². The molecular formula is C11H14O2. The highest BCUT2D eigenvalue weighted by atomic mass is 16.5. The number of hydrogen-bond donors (Lipinski definition) is 0. The monoisotopic (exact) mass is 178 g/mol. The Labute approximate surface area is 78.5 Å². The second kappa shape index (κ2) is 3.69. The number of hydrogen-bond acceptors (Lipinski definition) is 2. The lowest BCUT2D eigenvalue weighted by Gasteiger charge is -2.19. The Bertz CT molecular complexity index is 294. The van der Waals surface area contributed by atoms with E-state index in [1.54, 1.807) is 0 Å². The molecule has 0 saturated heterocycles. The quantitative estimate of drug-likeness (QED) is 0.692. The van der Waals surface area contributed by atoms with Crippen molar-refractivity contribution >= 4 is 0 Å². The normalized spacial score (nSPS) is 14.5. The fourth-order valence-corrected chi connectivity index (χ4v) is 1.65. The molecule has 0 atom stereocenters. The molecule has 0 amide bonds. The first-order chi connectivity index (χ1) is 6.42. The third kappa shape index (κ3) is 1.62. The second-order valence-electron chi connectivity index (χ2n) is 3.12. The molecule has 1 aliphatic heterocycles. The number of benzene rings is 1. The first-order valence-electron chi connectivity index (χ1n) is 4.79. The molecule has 1 heterocycles. The molecule has 0 fully saturated rings. The Morgan fingerprint density at radius 1 is 1.46 bits per heavy atom. The zero-order valence-corrected chi connectivity index (χ0v) is 7.88. The van der Waals surface area contributed by atoms with Gasteiger partial charge in [-0.1, -0.05) is 6.07 Å². The minimum Gasteiger partial charge on any atom is -0.493 e. The van der Waals surface area contributed by atoms with Gasteiger partial charge in [-0.3, -0.25) is 0 Å². The van der Waals surface area contributed by atoms with Crippen LogP contribution in [0, 0.1) is 0 Å². The predicted octanol–water partition coefficient (Wildman–Crippen LogP) is 2.41. The summed E-state index contributed by atoms with van der Waals surface area (Å²) in [5.74, 6) is 1.98. The van der Waals surface area contributed by atoms with E-state index in [9.17, 15) is 0 Å². The summed E-state index contributed by atoms with van der Waals surface area (Å²) in [7, 11) is 0. The molecule has 13 heavy (non-hydrogen) atoms. The average Bonchev–Trinajstić information content (AvgIpc) is 2.19. The maximum Gasteiger partial charge on any atom is 0.126 e. The molecule has 2 heteroatoms. The van der Waals surface area contributed by atoms with Crippen molar-refractivity contribution < 1.29 is 9.47 Å². The van der Waals surface area contributed by atoms with Crippen molar-refractivity contribution in [2.75, 3.05) is 13.2 Å². The smallest absolute Gasteiger partial charge is 0.126 e. The molecule has 0 spiro atoms. The number of rotatable bonds is 2. The fraction of sp³-hybridized carbons (Fsp3) is 0.455. The van der Waals surface area contributed by atoms with Crippen LogP contribution in [-0.2, 0) is 6.42 Å². The summed E-state index contributed by atoms with van der Waals surface area (Å²) >= 11 is 0. The van der Waals surface area contributed by atoms with Crippen LogP contribution in [0.3, 0.4) is 0 Å². The van der Waals surface area contributed by atoms with E-state index in [1.165, 1.54) is 5.56 Å². The largest absolute Gasteiger partial charge is 0.493 e. The van der Waals surface area contributed by atoms with Gasteiger partial charge >= 0.3 is 0 Å². The molecule has 1 aromatic carbocycles. The van der Waals surface area contributed by atoms with Gasteiger partial charge in [0, 0.05) is 5.56 Å². The van der Waals surface area contributed by atoms with Gasteiger partial charge in [-0.25, -0.2) is 0 Å². The molecule has 0 aliphatic carbocycles. The first kappa shape index (κ1) is 8.42. The molecule has 2 nitrogen and oxygen atoms in total. The van der Waals surface area contributed by atoms with E-state index < -0.39 is 0 Å². The Hall–Kier alpha value is -1.18. The molecule has 1 aromatic rings. The summed E-state index contributed by atoms with van der Waals surface area (Å²) in [6.07, 6.45) is 2.17. The molecular weight excluding hydrogens is 164 g/mol. The van der Waals surface area contributed by atoms with Crippen LogP contribution in [0.15, 0.2) is 18.2 Å². The lowest BCUT2D eigenvalue weighted by Crippen LogP contribution is -2.09. The van der Waals surface area contributed by atoms with Crippen molar-refractivity contribution in [2.24, 2.45) is 0 Å². The van der Waals surface area contributed by atoms with Crippen molar-refractivity contribution in [3.8, 4) is 11.5 Å². The van der Waals surface area contributed by atoms with Crippen molar-refractivity contribution in [1.29, 1.82) is 0 Å². The molecule has 0 N–H and O–H groups in total. The van der Waals surface area contributed by atoms with Gasteiger partial charge < -0.3 is 9.47 Å². The second-order valence-corrected chi connectivity index (χ2v) is 3.12. The summed E-state index contributed by atoms with van der Waals surface area (Å²) in [5.41, 5.74) is 1.23. The topological polar surface area (TPSA) is 18.5 Å². The van der Waals surface area contributed by atoms with Crippen LogP contribution >= 0.6 is 0 Å². The standard InChI is InChI=1S/C11H14O2/c1-2-12-10-6-3-7-11-9(10)5-4-8-13-11/h3,6-7H,2,4-5,8H2,1H3. The summed E-state index contributed by atoms with van der Waals surface area (Å²) < 4.78 is 11.1. The molecule has 0 unspecified atom stereocenters. The predicted molar refractivity (Wildman–Crippen MR) is 51.4 cm³/mol. The highest BCUT2D eigenvalue weighted by Gasteiger charge is 2.14. The van der Waals surface area contributed by atoms with Crippen LogP contribution in [0.5, 0.6) is 11.5 Å². The van der Waals surface area contributed by atoms with E-state index in [2.05, 4.69) is 0 Å². The van der Waals surface area contributed by atoms with E-state index >= 15 is 0 Å². The minimum atomic E-state index is 0.719. The van der Waals surface area contributed by atoms with Crippen LogP contribution in [-0.4, -0.2) is 13.2 Å². The molecule has 0 saturated carbocycles. The maximum absolute atomic E-state index is 5.53. The maximum atomic E-state index is 5.53. The van der Waals surface area contributed by atoms with Crippen molar-refractivity contribution in [1.82, 2.24) is 0 Å². The van der Waals surface area contributed by atoms with Gasteiger partial charge in [-0.05, 0) is 31.9 Å². The van der Waals surface area contributed by atoms with Crippen LogP contribution in [0.1, 0.15) is 18.9 Å². The van der Waals surface area contributed by atoms with E-state index in [0.717, 1.165) is 37.6 Å². The van der Waals surface area contributed by atoms with E-state index in [4.69, 9.17) is 9.47 Å². The Morgan fingerprint density at radius 2 is 2.38 bits per heavy atom. The van der Waals surface area contributed by atoms with Gasteiger partial charge in [-0.15, -0.1) is 0 Å². The van der Waals surface area contributed by atoms with Gasteiger partial charge in [0.1, 0.15) is 11.5 Å². The highest BCUT2D eigenvalue weighted by molar-refractivity contribution is 5.45. The zero-order valence-electron chi connectivity index (χ0n) is 7.88. The van der Waals surface area contributed by atoms with Gasteiger partial charge in [0.05, 0.1) is 13.2 Å². The number of fused-ring (bicyclic) bond motifs is 1. The zero-order chi connectivity index (χ0) is 9.10. The van der Waals surface area contributed by atoms with Crippen molar-refractivity contribution in [3.63, 3.8) is 0 Å². The van der Waals surface area contributed by atoms with Gasteiger partial charge in [0.25, 0.3) is 0 Å². The Balaban J connectivity index is 2.34. The van der Waals surface area contributed by atoms with Crippen LogP contribution in [0.25, 0.3) is 0 Å². The summed E-state index contributed by atoms with van der Waals surface area (Å²) in [5, 5.41) is 0. The third-order valence-electron chi connectivity index (χ3n) is 2.22. The molecule has 0 radical (unpaired) electrons. The third-order valence-corrected chi connectivity index (χ3v) is 2.22. The summed E-state index contributed by atoms with van der Waals surface area (Å²) in [6, 6.07) is 6.00. The summed E-state index contributed by atoms with van der Waals surface area (Å²) in [6.45, 7) is 3.56. The fourth-order valence-electron chi connectivity index (χ4n) is 1.65. The minimum absolute atomic E-state index is 0.719. The first-order valence-corrected chi connectivity index (χ1v) is 4.79. The number of ether oxygens (including phenoxy) is 2. The van der Waals surface area contributed by atoms with E-state index in [1.807, 2.05) is 25.1 Å². The van der Waals surface area contributed by atoms with E-state index in [-0.39, 0.29) is 0 Å². The lowest BCUT2D eigenvalue weighted by molar-refractivity contribution is 0.276. The van der Waals surface area contributed by atoms with Crippen LogP contribution in [0.4, 0.5) is 0 Å². The SMILES string of the molecule is CCOc1cccc2c1CCCO2. The van der Waals surface area contributed by atoms with Gasteiger partial charge in [0.15, 0.2) is 0 Å². The molecule has 1 aliphatic rings. The molecule has 0 bridgehead atoms. The summed E-state index contributed by atoms with van der Waals surface area (Å²) in [4.78, 5) is 0. The molecule has 0 aromatic heterocycles. The molecule has 70 valence electrons. The Kier molecular flexibility index (Phi) is 2.39. The Morgan fingerprint density at radius 3 is 3.23 bits per heavy atom.